The summed E-state index contributed by atoms with van der Waals surface area (Å²) in [6, 6.07) is 13.4. The number of halogens is 1. The largest absolute Gasteiger partial charge is 0.493 e. The summed E-state index contributed by atoms with van der Waals surface area (Å²) in [7, 11) is -2.86. The van der Waals surface area contributed by atoms with E-state index in [1.54, 1.807) is 31.2 Å². The number of hydrogen-bond acceptors (Lipinski definition) is 7. The van der Waals surface area contributed by atoms with Crippen molar-refractivity contribution in [3.05, 3.63) is 86.9 Å². The van der Waals surface area contributed by atoms with Gasteiger partial charge in [0.05, 0.1) is 17.3 Å². The SMILES string of the molecule is COc1cc(/C=C2\C(=O)NC(=O)N(c3ccc(C)cc3C)C2=O)cc(Br)c1OS(=O)(=O)c1ccc(C)cc1. The van der Waals surface area contributed by atoms with Crippen LogP contribution in [0, 0.1) is 20.8 Å². The zero-order valence-corrected chi connectivity index (χ0v) is 23.3. The molecule has 0 spiro atoms. The number of hydrogen-bond donors (Lipinski definition) is 1. The molecule has 1 heterocycles. The fraction of sp³-hybridized carbons (Fsp3) is 0.148. The normalized spacial score (nSPS) is 15.0. The monoisotopic (exact) mass is 598 g/mol. The molecule has 1 fully saturated rings. The second-order valence-corrected chi connectivity index (χ2v) is 11.0. The van der Waals surface area contributed by atoms with E-state index in [-0.39, 0.29) is 26.4 Å². The molecule has 1 N–H and O–H groups in total. The zero-order chi connectivity index (χ0) is 27.8. The number of rotatable bonds is 6. The van der Waals surface area contributed by atoms with E-state index in [0.29, 0.717) is 16.8 Å². The van der Waals surface area contributed by atoms with Gasteiger partial charge in [-0.25, -0.2) is 9.69 Å². The number of anilines is 1. The van der Waals surface area contributed by atoms with E-state index in [0.717, 1.165) is 16.0 Å². The van der Waals surface area contributed by atoms with Crippen LogP contribution in [0.3, 0.4) is 0 Å². The van der Waals surface area contributed by atoms with Crippen LogP contribution in [-0.4, -0.2) is 33.4 Å². The lowest BCUT2D eigenvalue weighted by atomic mass is 10.0. The van der Waals surface area contributed by atoms with Gasteiger partial charge in [0.2, 0.25) is 0 Å². The highest BCUT2D eigenvalue weighted by Gasteiger charge is 2.37. The molecule has 0 radical (unpaired) electrons. The van der Waals surface area contributed by atoms with Crippen LogP contribution in [0.15, 0.2) is 69.5 Å². The van der Waals surface area contributed by atoms with Crippen LogP contribution in [0.5, 0.6) is 11.5 Å². The third-order valence-corrected chi connectivity index (χ3v) is 7.58. The van der Waals surface area contributed by atoms with E-state index in [1.807, 2.05) is 19.9 Å². The Balaban J connectivity index is 1.71. The number of nitrogens with zero attached hydrogens (tertiary/aromatic N) is 1. The molecule has 0 aliphatic carbocycles. The van der Waals surface area contributed by atoms with Gasteiger partial charge in [-0.05, 0) is 84.2 Å². The second kappa shape index (κ2) is 10.4. The molecule has 0 saturated carbocycles. The number of benzene rings is 3. The first kappa shape index (κ1) is 27.1. The molecule has 4 amide bonds. The van der Waals surface area contributed by atoms with Crippen LogP contribution in [0.2, 0.25) is 0 Å². The van der Waals surface area contributed by atoms with E-state index in [2.05, 4.69) is 21.2 Å². The van der Waals surface area contributed by atoms with Crippen LogP contribution in [0.1, 0.15) is 22.3 Å². The van der Waals surface area contributed by atoms with Gasteiger partial charge in [0.15, 0.2) is 11.5 Å². The smallest absolute Gasteiger partial charge is 0.339 e. The highest BCUT2D eigenvalue weighted by molar-refractivity contribution is 9.10. The minimum atomic E-state index is -4.18. The summed E-state index contributed by atoms with van der Waals surface area (Å²) in [4.78, 5) is 39.3. The predicted molar refractivity (Wildman–Crippen MR) is 145 cm³/mol. The fourth-order valence-corrected chi connectivity index (χ4v) is 5.47. The Bertz CT molecular complexity index is 1610. The first-order chi connectivity index (χ1) is 17.9. The highest BCUT2D eigenvalue weighted by atomic mass is 79.9. The molecule has 196 valence electrons. The Morgan fingerprint density at radius 3 is 2.21 bits per heavy atom. The Labute approximate surface area is 228 Å². The van der Waals surface area contributed by atoms with Crippen LogP contribution in [0.4, 0.5) is 10.5 Å². The van der Waals surface area contributed by atoms with E-state index in [9.17, 15) is 22.8 Å². The van der Waals surface area contributed by atoms with Crippen molar-refractivity contribution in [3.63, 3.8) is 0 Å². The number of methoxy groups -OCH3 is 1. The summed E-state index contributed by atoms with van der Waals surface area (Å²) in [6.45, 7) is 5.47. The molecular weight excluding hydrogens is 576 g/mol. The molecule has 3 aromatic rings. The quantitative estimate of drug-likeness (QED) is 0.245. The van der Waals surface area contributed by atoms with Gasteiger partial charge in [0.1, 0.15) is 10.5 Å². The van der Waals surface area contributed by atoms with Gasteiger partial charge in [0, 0.05) is 0 Å². The number of aryl methyl sites for hydroxylation is 3. The minimum absolute atomic E-state index is 0.0351. The van der Waals surface area contributed by atoms with Gasteiger partial charge in [-0.1, -0.05) is 35.4 Å². The molecule has 38 heavy (non-hydrogen) atoms. The van der Waals surface area contributed by atoms with Gasteiger partial charge >= 0.3 is 16.1 Å². The fourth-order valence-electron chi connectivity index (χ4n) is 3.87. The lowest BCUT2D eigenvalue weighted by Crippen LogP contribution is -2.54. The molecule has 0 aromatic heterocycles. The Hall–Kier alpha value is -3.96. The Kier molecular flexibility index (Phi) is 7.43. The number of barbiturate groups is 1. The van der Waals surface area contributed by atoms with Crippen molar-refractivity contribution < 1.29 is 31.7 Å². The van der Waals surface area contributed by atoms with Crippen LogP contribution >= 0.6 is 15.9 Å². The molecule has 11 heteroatoms. The molecule has 0 atom stereocenters. The number of ether oxygens (including phenoxy) is 1. The summed E-state index contributed by atoms with van der Waals surface area (Å²) >= 11 is 3.30. The summed E-state index contributed by atoms with van der Waals surface area (Å²) in [5, 5.41) is 2.19. The summed E-state index contributed by atoms with van der Waals surface area (Å²) in [5.41, 5.74) is 2.90. The van der Waals surface area contributed by atoms with E-state index >= 15 is 0 Å². The Morgan fingerprint density at radius 2 is 1.58 bits per heavy atom. The van der Waals surface area contributed by atoms with Gasteiger partial charge < -0.3 is 8.92 Å². The summed E-state index contributed by atoms with van der Waals surface area (Å²) in [6.07, 6.45) is 1.28. The standard InChI is InChI=1S/C27H23BrN2O7S/c1-15-5-8-19(9-6-15)38(34,35)37-24-21(28)13-18(14-23(24)36-4)12-20-25(31)29-27(33)30(26(20)32)22-10-7-16(2)11-17(22)3/h5-14H,1-4H3,(H,29,31,33)/b20-12+. The Morgan fingerprint density at radius 1 is 0.921 bits per heavy atom. The molecule has 3 aromatic carbocycles. The average Bonchev–Trinajstić information content (AvgIpc) is 2.84. The maximum atomic E-state index is 13.3. The number of imide groups is 2. The second-order valence-electron chi connectivity index (χ2n) is 8.63. The van der Waals surface area contributed by atoms with Crippen molar-refractivity contribution >= 4 is 55.7 Å². The van der Waals surface area contributed by atoms with Gasteiger partial charge in [-0.3, -0.25) is 14.9 Å². The lowest BCUT2D eigenvalue weighted by Gasteiger charge is -2.27. The zero-order valence-electron chi connectivity index (χ0n) is 20.9. The van der Waals surface area contributed by atoms with E-state index in [4.69, 9.17) is 8.92 Å². The third kappa shape index (κ3) is 5.34. The molecule has 1 aliphatic rings. The maximum absolute atomic E-state index is 13.3. The van der Waals surface area contributed by atoms with Gasteiger partial charge in [-0.15, -0.1) is 0 Å². The van der Waals surface area contributed by atoms with Crippen molar-refractivity contribution in [1.82, 2.24) is 5.32 Å². The van der Waals surface area contributed by atoms with Gasteiger partial charge in [0.25, 0.3) is 11.8 Å². The maximum Gasteiger partial charge on any atom is 0.339 e. The molecule has 9 nitrogen and oxygen atoms in total. The van der Waals surface area contributed by atoms with Crippen molar-refractivity contribution in [2.45, 2.75) is 25.7 Å². The number of carbonyl (C=O) groups is 3. The van der Waals surface area contributed by atoms with E-state index in [1.165, 1.54) is 37.5 Å². The summed E-state index contributed by atoms with van der Waals surface area (Å²) < 4.78 is 36.6. The molecule has 0 bridgehead atoms. The first-order valence-corrected chi connectivity index (χ1v) is 13.5. The highest BCUT2D eigenvalue weighted by Crippen LogP contribution is 2.39. The minimum Gasteiger partial charge on any atom is -0.493 e. The van der Waals surface area contributed by atoms with Crippen LogP contribution < -0.4 is 19.1 Å². The predicted octanol–water partition coefficient (Wildman–Crippen LogP) is 4.82. The third-order valence-electron chi connectivity index (χ3n) is 5.76. The number of amides is 4. The van der Waals surface area contributed by atoms with Gasteiger partial charge in [-0.2, -0.15) is 8.42 Å². The number of nitrogens with one attached hydrogen (secondary N) is 1. The van der Waals surface area contributed by atoms with E-state index < -0.39 is 28.0 Å². The van der Waals surface area contributed by atoms with Crippen LogP contribution in [-0.2, 0) is 19.7 Å². The van der Waals surface area contributed by atoms with Crippen molar-refractivity contribution in [2.24, 2.45) is 0 Å². The first-order valence-electron chi connectivity index (χ1n) is 11.3. The molecular formula is C27H23BrN2O7S. The average molecular weight is 599 g/mol. The summed E-state index contributed by atoms with van der Waals surface area (Å²) in [5.74, 6) is -1.74. The number of urea groups is 1. The van der Waals surface area contributed by atoms with Crippen molar-refractivity contribution in [1.29, 1.82) is 0 Å². The molecule has 1 saturated heterocycles. The van der Waals surface area contributed by atoms with Crippen molar-refractivity contribution in [2.75, 3.05) is 12.0 Å². The van der Waals surface area contributed by atoms with Crippen LogP contribution in [0.25, 0.3) is 6.08 Å². The topological polar surface area (TPSA) is 119 Å². The lowest BCUT2D eigenvalue weighted by molar-refractivity contribution is -0.122. The molecule has 0 unspecified atom stereocenters. The number of carbonyl (C=O) groups excluding carboxylic acids is 3. The molecule has 1 aliphatic heterocycles. The van der Waals surface area contributed by atoms with Crippen molar-refractivity contribution in [3.8, 4) is 11.5 Å². The molecule has 4 rings (SSSR count).